The Bertz CT molecular complexity index is 581. The smallest absolute Gasteiger partial charge is 0.233 e. The van der Waals surface area contributed by atoms with Crippen LogP contribution in [0.4, 0.5) is 0 Å². The van der Waals surface area contributed by atoms with Crippen LogP contribution in [0, 0.1) is 0 Å². The highest BCUT2D eigenvalue weighted by Gasteiger charge is 2.16. The summed E-state index contributed by atoms with van der Waals surface area (Å²) in [7, 11) is 0. The van der Waals surface area contributed by atoms with Gasteiger partial charge >= 0.3 is 0 Å². The van der Waals surface area contributed by atoms with Crippen LogP contribution >= 0.6 is 0 Å². The van der Waals surface area contributed by atoms with E-state index in [1.165, 1.54) is 0 Å². The van der Waals surface area contributed by atoms with Crippen molar-refractivity contribution in [3.63, 3.8) is 0 Å². The molecule has 0 radical (unpaired) electrons. The molecule has 0 saturated carbocycles. The Hall–Kier alpha value is -3.01. The van der Waals surface area contributed by atoms with E-state index in [0.717, 1.165) is 6.08 Å². The van der Waals surface area contributed by atoms with Gasteiger partial charge in [0.15, 0.2) is 0 Å². The van der Waals surface area contributed by atoms with Gasteiger partial charge < -0.3 is 9.90 Å². The van der Waals surface area contributed by atoms with Crippen molar-refractivity contribution < 1.29 is 19.5 Å². The number of benzene rings is 2. The molecule has 0 aliphatic carbocycles. The third-order valence-electron chi connectivity index (χ3n) is 2.44. The van der Waals surface area contributed by atoms with E-state index in [4.69, 9.17) is 9.90 Å². The Balaban J connectivity index is 0.000000383. The number of carbonyl (C=O) groups excluding carboxylic acids is 3. The van der Waals surface area contributed by atoms with Crippen molar-refractivity contribution in [1.29, 1.82) is 0 Å². The third-order valence-corrected chi connectivity index (χ3v) is 2.44. The normalized spacial score (nSPS) is 8.95. The van der Waals surface area contributed by atoms with Gasteiger partial charge in [-0.2, -0.15) is 0 Å². The monoisotopic (exact) mass is 281 g/mol. The van der Waals surface area contributed by atoms with E-state index in [1.807, 2.05) is 12.1 Å². The zero-order valence-electron chi connectivity index (χ0n) is 11.2. The molecular formula is C17H13O4-. The average molecular weight is 281 g/mol. The van der Waals surface area contributed by atoms with Crippen LogP contribution in [0.15, 0.2) is 73.3 Å². The quantitative estimate of drug-likeness (QED) is 0.485. The molecule has 2 aromatic carbocycles. The zero-order chi connectivity index (χ0) is 15.7. The second kappa shape index (κ2) is 8.22. The van der Waals surface area contributed by atoms with Crippen LogP contribution in [0.3, 0.4) is 0 Å². The van der Waals surface area contributed by atoms with Gasteiger partial charge in [0.2, 0.25) is 11.6 Å². The molecule has 0 aliphatic heterocycles. The molecule has 0 N–H and O–H groups in total. The van der Waals surface area contributed by atoms with Crippen molar-refractivity contribution in [2.75, 3.05) is 0 Å². The Kier molecular flexibility index (Phi) is 6.28. The Morgan fingerprint density at radius 2 is 1.05 bits per heavy atom. The highest BCUT2D eigenvalue weighted by atomic mass is 16.4. The van der Waals surface area contributed by atoms with E-state index >= 15 is 0 Å². The van der Waals surface area contributed by atoms with Gasteiger partial charge in [-0.05, 0) is 6.08 Å². The maximum absolute atomic E-state index is 11.8. The van der Waals surface area contributed by atoms with Crippen LogP contribution in [0.5, 0.6) is 0 Å². The standard InChI is InChI=1S/C14H10O2.C3H4O2/c15-13(11-7-3-1-4-8-11)14(16)12-9-5-2-6-10-12;1-2-3(4)5/h1-10H;2H,1H2,(H,4,5)/p-1. The van der Waals surface area contributed by atoms with Gasteiger partial charge in [0.05, 0.1) is 5.97 Å². The Labute approximate surface area is 122 Å². The molecule has 0 saturated heterocycles. The highest BCUT2D eigenvalue weighted by Crippen LogP contribution is 2.07. The fourth-order valence-corrected chi connectivity index (χ4v) is 1.44. The number of ketones is 2. The molecule has 106 valence electrons. The van der Waals surface area contributed by atoms with E-state index in [-0.39, 0.29) is 0 Å². The van der Waals surface area contributed by atoms with E-state index in [2.05, 4.69) is 6.58 Å². The number of hydrogen-bond acceptors (Lipinski definition) is 4. The summed E-state index contributed by atoms with van der Waals surface area (Å²) in [5, 5.41) is 9.14. The molecule has 0 heterocycles. The molecule has 0 spiro atoms. The summed E-state index contributed by atoms with van der Waals surface area (Å²) in [4.78, 5) is 32.7. The van der Waals surface area contributed by atoms with Crippen LogP contribution in [0.1, 0.15) is 20.7 Å². The van der Waals surface area contributed by atoms with Crippen molar-refractivity contribution in [2.24, 2.45) is 0 Å². The lowest BCUT2D eigenvalue weighted by Gasteiger charge is -1.99. The highest BCUT2D eigenvalue weighted by molar-refractivity contribution is 6.49. The summed E-state index contributed by atoms with van der Waals surface area (Å²) in [6.45, 7) is 2.90. The number of aliphatic carboxylic acids is 1. The van der Waals surface area contributed by atoms with Gasteiger partial charge in [0, 0.05) is 11.1 Å². The molecule has 0 aliphatic rings. The van der Waals surface area contributed by atoms with Crippen molar-refractivity contribution in [3.8, 4) is 0 Å². The molecule has 0 aromatic heterocycles. The summed E-state index contributed by atoms with van der Waals surface area (Å²) in [6, 6.07) is 17.2. The third kappa shape index (κ3) is 5.24. The topological polar surface area (TPSA) is 74.3 Å². The average Bonchev–Trinajstić information content (AvgIpc) is 2.55. The second-order valence-corrected chi connectivity index (χ2v) is 3.91. The van der Waals surface area contributed by atoms with Gasteiger partial charge in [-0.15, -0.1) is 0 Å². The van der Waals surface area contributed by atoms with Crippen molar-refractivity contribution in [3.05, 3.63) is 84.4 Å². The minimum Gasteiger partial charge on any atom is -0.545 e. The maximum atomic E-state index is 11.8. The van der Waals surface area contributed by atoms with Crippen LogP contribution in [0.2, 0.25) is 0 Å². The van der Waals surface area contributed by atoms with Crippen LogP contribution < -0.4 is 5.11 Å². The van der Waals surface area contributed by atoms with Crippen molar-refractivity contribution >= 4 is 17.5 Å². The Morgan fingerprint density at radius 3 is 1.29 bits per heavy atom. The first-order chi connectivity index (χ1) is 10.1. The molecule has 4 nitrogen and oxygen atoms in total. The molecule has 21 heavy (non-hydrogen) atoms. The first-order valence-electron chi connectivity index (χ1n) is 6.08. The number of carboxylic acid groups (broad SMARTS) is 1. The van der Waals surface area contributed by atoms with Gasteiger partial charge in [-0.3, -0.25) is 9.59 Å². The second-order valence-electron chi connectivity index (χ2n) is 3.91. The van der Waals surface area contributed by atoms with Crippen LogP contribution in [-0.2, 0) is 4.79 Å². The maximum Gasteiger partial charge on any atom is 0.233 e. The summed E-state index contributed by atoms with van der Waals surface area (Å²) < 4.78 is 0. The first kappa shape index (κ1) is 16.0. The van der Waals surface area contributed by atoms with Gasteiger partial charge in [0.1, 0.15) is 0 Å². The largest absolute Gasteiger partial charge is 0.545 e. The lowest BCUT2D eigenvalue weighted by atomic mass is 10.0. The summed E-state index contributed by atoms with van der Waals surface area (Å²) in [5.74, 6) is -2.16. The van der Waals surface area contributed by atoms with Gasteiger partial charge in [0.25, 0.3) is 0 Å². The van der Waals surface area contributed by atoms with E-state index in [0.29, 0.717) is 11.1 Å². The lowest BCUT2D eigenvalue weighted by molar-refractivity contribution is -0.297. The fraction of sp³-hybridized carbons (Fsp3) is 0. The molecule has 0 unspecified atom stereocenters. The first-order valence-corrected chi connectivity index (χ1v) is 6.08. The van der Waals surface area contributed by atoms with Gasteiger partial charge in [-0.1, -0.05) is 67.2 Å². The van der Waals surface area contributed by atoms with Crippen LogP contribution in [-0.4, -0.2) is 17.5 Å². The lowest BCUT2D eigenvalue weighted by Crippen LogP contribution is -2.17. The number of hydrogen-bond donors (Lipinski definition) is 0. The number of carbonyl (C=O) groups is 3. The SMILES string of the molecule is C=CC(=O)[O-].O=C(C(=O)c1ccccc1)c1ccccc1. The molecule has 0 atom stereocenters. The van der Waals surface area contributed by atoms with Crippen molar-refractivity contribution in [1.82, 2.24) is 0 Å². The molecular weight excluding hydrogens is 268 g/mol. The van der Waals surface area contributed by atoms with Crippen molar-refractivity contribution in [2.45, 2.75) is 0 Å². The summed E-state index contributed by atoms with van der Waals surface area (Å²) in [6.07, 6.45) is 0.722. The minimum atomic E-state index is -1.23. The molecule has 4 heteroatoms. The van der Waals surface area contributed by atoms with E-state index < -0.39 is 17.5 Å². The number of Topliss-reactive ketones (excluding diaryl/α,β-unsaturated/α-hetero) is 2. The predicted molar refractivity (Wildman–Crippen MR) is 76.7 cm³/mol. The van der Waals surface area contributed by atoms with Gasteiger partial charge in [-0.25, -0.2) is 0 Å². The van der Waals surface area contributed by atoms with E-state index in [9.17, 15) is 9.59 Å². The minimum absolute atomic E-state index is 0.427. The molecule has 0 bridgehead atoms. The molecule has 0 amide bonds. The molecule has 2 aromatic rings. The summed E-state index contributed by atoms with van der Waals surface area (Å²) >= 11 is 0. The Morgan fingerprint density at radius 1 is 0.762 bits per heavy atom. The van der Waals surface area contributed by atoms with Crippen LogP contribution in [0.25, 0.3) is 0 Å². The van der Waals surface area contributed by atoms with E-state index in [1.54, 1.807) is 48.5 Å². The molecule has 0 fully saturated rings. The molecule has 2 rings (SSSR count). The zero-order valence-corrected chi connectivity index (χ0v) is 11.2. The number of carboxylic acids is 1. The fourth-order valence-electron chi connectivity index (χ4n) is 1.44. The number of rotatable bonds is 4. The predicted octanol–water partition coefficient (Wildman–Crippen LogP) is 1.67. The summed E-state index contributed by atoms with van der Waals surface area (Å²) in [5.41, 5.74) is 0.854.